The lowest BCUT2D eigenvalue weighted by Gasteiger charge is -2.16. The molecule has 1 heterocycles. The van der Waals surface area contributed by atoms with E-state index in [0.717, 1.165) is 5.56 Å². The summed E-state index contributed by atoms with van der Waals surface area (Å²) in [6, 6.07) is 12.1. The van der Waals surface area contributed by atoms with Crippen LogP contribution >= 0.6 is 12.2 Å². The summed E-state index contributed by atoms with van der Waals surface area (Å²) < 4.78 is 60.8. The minimum Gasteiger partial charge on any atom is -0.496 e. The molecule has 1 amide bonds. The highest BCUT2D eigenvalue weighted by molar-refractivity contribution is 7.80. The minimum absolute atomic E-state index is 0.222. The van der Waals surface area contributed by atoms with E-state index >= 15 is 0 Å². The number of ether oxygens (including phenoxy) is 2. The van der Waals surface area contributed by atoms with Crippen molar-refractivity contribution in [1.29, 1.82) is 0 Å². The van der Waals surface area contributed by atoms with Gasteiger partial charge in [0.1, 0.15) is 18.1 Å². The molecule has 1 saturated heterocycles. The van der Waals surface area contributed by atoms with Gasteiger partial charge in [-0.05, 0) is 54.5 Å². The predicted octanol–water partition coefficient (Wildman–Crippen LogP) is 4.68. The molecule has 2 aromatic rings. The summed E-state index contributed by atoms with van der Waals surface area (Å²) in [5, 5.41) is 3.10. The Kier molecular flexibility index (Phi) is 7.15. The molecule has 0 aromatic heterocycles. The molecule has 0 atom stereocenters. The second-order valence-corrected chi connectivity index (χ2v) is 7.43. The van der Waals surface area contributed by atoms with E-state index in [4.69, 9.17) is 21.7 Å². The number of amides is 1. The molecule has 0 unspecified atom stereocenters. The maximum absolute atomic E-state index is 13.1. The van der Waals surface area contributed by atoms with Gasteiger partial charge < -0.3 is 14.8 Å². The van der Waals surface area contributed by atoms with Crippen LogP contribution in [0.1, 0.15) is 16.7 Å². The lowest BCUT2D eigenvalue weighted by Crippen LogP contribution is -2.32. The third-order valence-electron chi connectivity index (χ3n) is 4.72. The van der Waals surface area contributed by atoms with Crippen LogP contribution in [0.3, 0.4) is 0 Å². The van der Waals surface area contributed by atoms with Gasteiger partial charge in [0, 0.05) is 5.56 Å². The lowest BCUT2D eigenvalue weighted by molar-refractivity contribution is -0.168. The van der Waals surface area contributed by atoms with Crippen molar-refractivity contribution >= 4 is 35.0 Å². The van der Waals surface area contributed by atoms with Gasteiger partial charge in [0.2, 0.25) is 0 Å². The molecule has 3 rings (SSSR count). The fourth-order valence-electron chi connectivity index (χ4n) is 3.10. The maximum Gasteiger partial charge on any atom is 0.330 e. The second-order valence-electron chi connectivity index (χ2n) is 7.04. The molecule has 2 aromatic carbocycles. The summed E-state index contributed by atoms with van der Waals surface area (Å²) in [7, 11) is 1.38. The van der Waals surface area contributed by atoms with E-state index in [1.54, 1.807) is 36.4 Å². The Hall–Kier alpha value is -2.98. The molecule has 170 valence electrons. The van der Waals surface area contributed by atoms with Crippen LogP contribution in [0.15, 0.2) is 48.2 Å². The van der Waals surface area contributed by atoms with Gasteiger partial charge in [-0.3, -0.25) is 9.69 Å². The molecule has 0 saturated carbocycles. The van der Waals surface area contributed by atoms with Crippen molar-refractivity contribution in [2.24, 2.45) is 0 Å². The number of halogens is 4. The summed E-state index contributed by atoms with van der Waals surface area (Å²) >= 11 is 5.31. The summed E-state index contributed by atoms with van der Waals surface area (Å²) in [5.41, 5.74) is 2.64. The van der Waals surface area contributed by atoms with Gasteiger partial charge in [-0.25, -0.2) is 8.78 Å². The number of rotatable bonds is 8. The van der Waals surface area contributed by atoms with Crippen LogP contribution in [-0.4, -0.2) is 37.1 Å². The number of para-hydroxylation sites is 1. The SMILES string of the molecule is COc1ccc(/C=C2/NC(=S)N(c3ccccc3C)C2=O)cc1COCC(F)(F)C(F)F. The first kappa shape index (κ1) is 23.7. The Morgan fingerprint density at radius 2 is 1.94 bits per heavy atom. The average Bonchev–Trinajstić information content (AvgIpc) is 3.01. The predicted molar refractivity (Wildman–Crippen MR) is 116 cm³/mol. The third-order valence-corrected chi connectivity index (χ3v) is 5.01. The van der Waals surface area contributed by atoms with Crippen molar-refractivity contribution in [2.75, 3.05) is 18.6 Å². The molecular formula is C22H20F4N2O3S. The first-order chi connectivity index (χ1) is 15.1. The first-order valence-corrected chi connectivity index (χ1v) is 9.88. The van der Waals surface area contributed by atoms with E-state index in [1.165, 1.54) is 12.0 Å². The molecule has 1 N–H and O–H groups in total. The zero-order valence-corrected chi connectivity index (χ0v) is 18.0. The molecule has 0 radical (unpaired) electrons. The maximum atomic E-state index is 13.1. The number of aryl methyl sites for hydroxylation is 1. The van der Waals surface area contributed by atoms with Gasteiger partial charge in [0.05, 0.1) is 19.4 Å². The Morgan fingerprint density at radius 3 is 2.59 bits per heavy atom. The van der Waals surface area contributed by atoms with Gasteiger partial charge in [0.15, 0.2) is 5.11 Å². The van der Waals surface area contributed by atoms with Crippen LogP contribution in [0.5, 0.6) is 5.75 Å². The fraction of sp³-hybridized carbons (Fsp3) is 0.273. The molecule has 1 aliphatic rings. The van der Waals surface area contributed by atoms with Crippen LogP contribution < -0.4 is 15.0 Å². The van der Waals surface area contributed by atoms with E-state index in [2.05, 4.69) is 5.32 Å². The number of nitrogens with one attached hydrogen (secondary N) is 1. The van der Waals surface area contributed by atoms with Crippen LogP contribution in [0.2, 0.25) is 0 Å². The molecule has 10 heteroatoms. The van der Waals surface area contributed by atoms with Crippen molar-refractivity contribution < 1.29 is 31.8 Å². The zero-order chi connectivity index (χ0) is 23.5. The normalized spacial score (nSPS) is 15.6. The van der Waals surface area contributed by atoms with Gasteiger partial charge in [0.25, 0.3) is 5.91 Å². The molecule has 0 bridgehead atoms. The highest BCUT2D eigenvalue weighted by atomic mass is 32.1. The quantitative estimate of drug-likeness (QED) is 0.346. The molecule has 0 spiro atoms. The summed E-state index contributed by atoms with van der Waals surface area (Å²) in [6.07, 6.45) is -2.27. The number of carbonyl (C=O) groups is 1. The summed E-state index contributed by atoms with van der Waals surface area (Å²) in [4.78, 5) is 14.3. The van der Waals surface area contributed by atoms with Crippen LogP contribution in [0.25, 0.3) is 6.08 Å². The number of carbonyl (C=O) groups excluding carboxylic acids is 1. The van der Waals surface area contributed by atoms with Crippen molar-refractivity contribution in [3.8, 4) is 5.75 Å². The number of thiocarbonyl (C=S) groups is 1. The van der Waals surface area contributed by atoms with E-state index in [-0.39, 0.29) is 23.3 Å². The molecule has 5 nitrogen and oxygen atoms in total. The third kappa shape index (κ3) is 5.08. The summed E-state index contributed by atoms with van der Waals surface area (Å²) in [6.45, 7) is 0.0523. The van der Waals surface area contributed by atoms with E-state index in [0.29, 0.717) is 22.6 Å². The standard InChI is InChI=1S/C22H20F4N2O3S/c1-13-5-3-4-6-17(13)28-19(29)16(27-21(28)32)10-14-7-8-18(30-2)15(9-14)11-31-12-22(25,26)20(23)24/h3-10,20H,11-12H2,1-2H3,(H,27,32)/b16-10+. The Bertz CT molecular complexity index is 1060. The van der Waals surface area contributed by atoms with Crippen molar-refractivity contribution in [3.63, 3.8) is 0 Å². The molecule has 1 fully saturated rings. The van der Waals surface area contributed by atoms with Crippen molar-refractivity contribution in [3.05, 3.63) is 64.9 Å². The number of anilines is 1. The lowest BCUT2D eigenvalue weighted by atomic mass is 10.1. The van der Waals surface area contributed by atoms with Crippen molar-refractivity contribution in [1.82, 2.24) is 5.32 Å². The van der Waals surface area contributed by atoms with Crippen molar-refractivity contribution in [2.45, 2.75) is 25.9 Å². The van der Waals surface area contributed by atoms with E-state index in [9.17, 15) is 22.4 Å². The highest BCUT2D eigenvalue weighted by Crippen LogP contribution is 2.28. The largest absolute Gasteiger partial charge is 0.496 e. The topological polar surface area (TPSA) is 50.8 Å². The van der Waals surface area contributed by atoms with Gasteiger partial charge in [-0.1, -0.05) is 24.3 Å². The monoisotopic (exact) mass is 468 g/mol. The van der Waals surface area contributed by atoms with Gasteiger partial charge in [-0.15, -0.1) is 0 Å². The number of alkyl halides is 4. The van der Waals surface area contributed by atoms with Gasteiger partial charge >= 0.3 is 12.3 Å². The first-order valence-electron chi connectivity index (χ1n) is 9.47. The number of nitrogens with zero attached hydrogens (tertiary/aromatic N) is 1. The number of methoxy groups -OCH3 is 1. The Morgan fingerprint density at radius 1 is 1.22 bits per heavy atom. The number of hydrogen-bond donors (Lipinski definition) is 1. The van der Waals surface area contributed by atoms with Crippen LogP contribution in [-0.2, 0) is 16.1 Å². The number of hydrogen-bond acceptors (Lipinski definition) is 4. The smallest absolute Gasteiger partial charge is 0.330 e. The fourth-order valence-corrected chi connectivity index (χ4v) is 3.39. The highest BCUT2D eigenvalue weighted by Gasteiger charge is 2.41. The number of benzene rings is 2. The van der Waals surface area contributed by atoms with Crippen LogP contribution in [0, 0.1) is 6.92 Å². The van der Waals surface area contributed by atoms with E-state index in [1.807, 2.05) is 19.1 Å². The Labute approximate surface area is 187 Å². The van der Waals surface area contributed by atoms with Gasteiger partial charge in [-0.2, -0.15) is 8.78 Å². The summed E-state index contributed by atoms with van der Waals surface area (Å²) in [5.74, 6) is -4.27. The molecule has 32 heavy (non-hydrogen) atoms. The Balaban J connectivity index is 1.81. The average molecular weight is 468 g/mol. The molecular weight excluding hydrogens is 448 g/mol. The van der Waals surface area contributed by atoms with E-state index < -0.39 is 19.0 Å². The zero-order valence-electron chi connectivity index (χ0n) is 17.2. The second kappa shape index (κ2) is 9.66. The minimum atomic E-state index is -4.25. The molecule has 0 aliphatic carbocycles. The molecule has 1 aliphatic heterocycles. The van der Waals surface area contributed by atoms with Crippen LogP contribution in [0.4, 0.5) is 23.2 Å².